The summed E-state index contributed by atoms with van der Waals surface area (Å²) in [5.41, 5.74) is 0.0439. The summed E-state index contributed by atoms with van der Waals surface area (Å²) < 4.78 is 10.4. The third kappa shape index (κ3) is 3.81. The van der Waals surface area contributed by atoms with E-state index in [4.69, 9.17) is 9.47 Å². The lowest BCUT2D eigenvalue weighted by molar-refractivity contribution is -0.386. The minimum absolute atomic E-state index is 0.161. The first kappa shape index (κ1) is 14.1. The van der Waals surface area contributed by atoms with E-state index in [2.05, 4.69) is 0 Å². The topological polar surface area (TPSA) is 78.7 Å². The number of methoxy groups -OCH3 is 1. The molecule has 0 heterocycles. The van der Waals surface area contributed by atoms with E-state index in [9.17, 15) is 14.9 Å². The second kappa shape index (κ2) is 6.70. The van der Waals surface area contributed by atoms with Crippen LogP contribution in [0.4, 0.5) is 5.69 Å². The number of carbonyl (C=O) groups is 1. The number of rotatable bonds is 7. The molecule has 0 saturated heterocycles. The highest BCUT2D eigenvalue weighted by Crippen LogP contribution is 2.28. The van der Waals surface area contributed by atoms with Crippen LogP contribution in [-0.2, 0) is 4.74 Å². The predicted octanol–water partition coefficient (Wildman–Crippen LogP) is 2.21. The molecule has 18 heavy (non-hydrogen) atoms. The minimum atomic E-state index is -0.564. The molecule has 1 atom stereocenters. The normalized spacial score (nSPS) is 11.9. The Kier molecular flexibility index (Phi) is 5.26. The van der Waals surface area contributed by atoms with Crippen LogP contribution in [0.15, 0.2) is 18.2 Å². The van der Waals surface area contributed by atoms with Crippen molar-refractivity contribution in [3.05, 3.63) is 33.9 Å². The van der Waals surface area contributed by atoms with Crippen LogP contribution < -0.4 is 4.74 Å². The molecule has 1 unspecified atom stereocenters. The molecule has 1 rings (SSSR count). The second-order valence-corrected chi connectivity index (χ2v) is 3.81. The Morgan fingerprint density at radius 1 is 1.50 bits per heavy atom. The Balaban J connectivity index is 2.87. The van der Waals surface area contributed by atoms with Gasteiger partial charge >= 0.3 is 5.69 Å². The quantitative estimate of drug-likeness (QED) is 0.423. The Labute approximate surface area is 105 Å². The van der Waals surface area contributed by atoms with Gasteiger partial charge in [-0.3, -0.25) is 14.9 Å². The van der Waals surface area contributed by atoms with Crippen LogP contribution in [0.1, 0.15) is 23.7 Å². The molecule has 0 saturated carbocycles. The van der Waals surface area contributed by atoms with Crippen molar-refractivity contribution in [2.24, 2.45) is 0 Å². The summed E-state index contributed by atoms with van der Waals surface area (Å²) in [4.78, 5) is 20.9. The molecule has 0 N–H and O–H groups in total. The number of ether oxygens (including phenoxy) is 2. The summed E-state index contributed by atoms with van der Waals surface area (Å²) in [5.74, 6) is 0.161. The van der Waals surface area contributed by atoms with Crippen molar-refractivity contribution < 1.29 is 19.2 Å². The van der Waals surface area contributed by atoms with E-state index in [-0.39, 0.29) is 23.1 Å². The van der Waals surface area contributed by atoms with Gasteiger partial charge in [-0.15, -0.1) is 0 Å². The maximum Gasteiger partial charge on any atom is 0.311 e. The molecule has 98 valence electrons. The number of nitrogens with zero attached hydrogens (tertiary/aromatic N) is 1. The van der Waals surface area contributed by atoms with Crippen LogP contribution in [0.5, 0.6) is 5.75 Å². The lowest BCUT2D eigenvalue weighted by Gasteiger charge is -2.14. The van der Waals surface area contributed by atoms with Gasteiger partial charge in [0.25, 0.3) is 0 Å². The molecule has 0 bridgehead atoms. The number of nitro benzene ring substituents is 1. The number of nitro groups is 1. The molecule has 0 amide bonds. The lowest BCUT2D eigenvalue weighted by Crippen LogP contribution is -2.15. The van der Waals surface area contributed by atoms with Crippen LogP contribution in [-0.4, -0.2) is 31.0 Å². The predicted molar refractivity (Wildman–Crippen MR) is 65.1 cm³/mol. The highest BCUT2D eigenvalue weighted by Gasteiger charge is 2.17. The molecule has 0 aromatic heterocycles. The van der Waals surface area contributed by atoms with Gasteiger partial charge in [0.05, 0.1) is 11.0 Å². The molecule has 1 aromatic rings. The Morgan fingerprint density at radius 3 is 2.78 bits per heavy atom. The fourth-order valence-corrected chi connectivity index (χ4v) is 1.41. The van der Waals surface area contributed by atoms with E-state index in [0.717, 1.165) is 0 Å². The van der Waals surface area contributed by atoms with Crippen LogP contribution in [0.3, 0.4) is 0 Å². The van der Waals surface area contributed by atoms with E-state index in [0.29, 0.717) is 19.3 Å². The van der Waals surface area contributed by atoms with Gasteiger partial charge in [-0.05, 0) is 19.1 Å². The second-order valence-electron chi connectivity index (χ2n) is 3.81. The summed E-state index contributed by atoms with van der Waals surface area (Å²) in [5, 5.41) is 10.9. The molecule has 1 aromatic carbocycles. The molecule has 6 heteroatoms. The average Bonchev–Trinajstić information content (AvgIpc) is 2.36. The molecule has 0 spiro atoms. The maximum absolute atomic E-state index is 10.9. The van der Waals surface area contributed by atoms with E-state index < -0.39 is 4.92 Å². The Hall–Kier alpha value is -1.95. The van der Waals surface area contributed by atoms with Crippen molar-refractivity contribution >= 4 is 12.0 Å². The molecular formula is C12H15NO5. The number of hydrogen-bond donors (Lipinski definition) is 0. The molecule has 0 fully saturated rings. The number of aldehydes is 1. The number of hydrogen-bond acceptors (Lipinski definition) is 5. The van der Waals surface area contributed by atoms with E-state index in [1.54, 1.807) is 14.0 Å². The molecule has 0 aliphatic heterocycles. The van der Waals surface area contributed by atoms with Gasteiger partial charge in [-0.25, -0.2) is 0 Å². The van der Waals surface area contributed by atoms with E-state index >= 15 is 0 Å². The zero-order valence-corrected chi connectivity index (χ0v) is 10.3. The zero-order valence-electron chi connectivity index (χ0n) is 10.3. The summed E-state index contributed by atoms with van der Waals surface area (Å²) in [6, 6.07) is 4.12. The summed E-state index contributed by atoms with van der Waals surface area (Å²) in [6.07, 6.45) is 0.986. The van der Waals surface area contributed by atoms with Crippen molar-refractivity contribution in [1.29, 1.82) is 0 Å². The first-order chi connectivity index (χ1) is 8.58. The van der Waals surface area contributed by atoms with Crippen molar-refractivity contribution in [2.45, 2.75) is 19.4 Å². The van der Waals surface area contributed by atoms with Gasteiger partial charge in [-0.2, -0.15) is 0 Å². The van der Waals surface area contributed by atoms with Gasteiger partial charge in [0, 0.05) is 31.8 Å². The first-order valence-corrected chi connectivity index (χ1v) is 5.47. The lowest BCUT2D eigenvalue weighted by atomic mass is 10.2. The van der Waals surface area contributed by atoms with E-state index in [1.165, 1.54) is 18.2 Å². The number of benzene rings is 1. The van der Waals surface area contributed by atoms with Crippen molar-refractivity contribution in [2.75, 3.05) is 13.7 Å². The van der Waals surface area contributed by atoms with Crippen LogP contribution in [0.2, 0.25) is 0 Å². The summed E-state index contributed by atoms with van der Waals surface area (Å²) >= 11 is 0. The maximum atomic E-state index is 10.9. The average molecular weight is 253 g/mol. The fraction of sp³-hybridized carbons (Fsp3) is 0.417. The highest BCUT2D eigenvalue weighted by molar-refractivity contribution is 5.77. The van der Waals surface area contributed by atoms with Gasteiger partial charge in [0.2, 0.25) is 0 Å². The van der Waals surface area contributed by atoms with Crippen LogP contribution in [0.25, 0.3) is 0 Å². The monoisotopic (exact) mass is 253 g/mol. The third-order valence-electron chi connectivity index (χ3n) is 2.37. The van der Waals surface area contributed by atoms with Crippen molar-refractivity contribution in [1.82, 2.24) is 0 Å². The molecule has 6 nitrogen and oxygen atoms in total. The summed E-state index contributed by atoms with van der Waals surface area (Å²) in [7, 11) is 1.58. The van der Waals surface area contributed by atoms with Gasteiger partial charge in [0.1, 0.15) is 6.29 Å². The SMILES string of the molecule is COCCC(C)Oc1ccc(C=O)cc1[N+](=O)[O-]. The van der Waals surface area contributed by atoms with Gasteiger partial charge < -0.3 is 9.47 Å². The Bertz CT molecular complexity index is 432. The van der Waals surface area contributed by atoms with Crippen molar-refractivity contribution in [3.8, 4) is 5.75 Å². The molecule has 0 aliphatic carbocycles. The first-order valence-electron chi connectivity index (χ1n) is 5.47. The zero-order chi connectivity index (χ0) is 13.5. The van der Waals surface area contributed by atoms with Crippen LogP contribution >= 0.6 is 0 Å². The molecule has 0 aliphatic rings. The number of carbonyl (C=O) groups excluding carboxylic acids is 1. The van der Waals surface area contributed by atoms with Gasteiger partial charge in [-0.1, -0.05) is 0 Å². The highest BCUT2D eigenvalue weighted by atomic mass is 16.6. The molecular weight excluding hydrogens is 238 g/mol. The smallest absolute Gasteiger partial charge is 0.311 e. The Morgan fingerprint density at radius 2 is 2.22 bits per heavy atom. The van der Waals surface area contributed by atoms with Crippen LogP contribution in [0, 0.1) is 10.1 Å². The minimum Gasteiger partial charge on any atom is -0.484 e. The standard InChI is InChI=1S/C12H15NO5/c1-9(5-6-17-2)18-12-4-3-10(8-14)7-11(12)13(15)16/h3-4,7-9H,5-6H2,1-2H3. The van der Waals surface area contributed by atoms with Crippen molar-refractivity contribution in [3.63, 3.8) is 0 Å². The third-order valence-corrected chi connectivity index (χ3v) is 2.37. The van der Waals surface area contributed by atoms with E-state index in [1.807, 2.05) is 0 Å². The fourth-order valence-electron chi connectivity index (χ4n) is 1.41. The molecule has 0 radical (unpaired) electrons. The summed E-state index contributed by atoms with van der Waals surface area (Å²) in [6.45, 7) is 2.32. The van der Waals surface area contributed by atoms with Gasteiger partial charge in [0.15, 0.2) is 5.75 Å². The largest absolute Gasteiger partial charge is 0.484 e.